The van der Waals surface area contributed by atoms with Crippen LogP contribution in [0.15, 0.2) is 24.3 Å². The van der Waals surface area contributed by atoms with E-state index in [0.29, 0.717) is 12.3 Å². The van der Waals surface area contributed by atoms with Crippen LogP contribution in [0.4, 0.5) is 5.69 Å². The fourth-order valence-electron chi connectivity index (χ4n) is 2.15. The van der Waals surface area contributed by atoms with Crippen LogP contribution < -0.4 is 9.64 Å². The molecule has 0 N–H and O–H groups in total. The second kappa shape index (κ2) is 5.74. The summed E-state index contributed by atoms with van der Waals surface area (Å²) in [5, 5.41) is 0.864. The number of amides is 1. The Morgan fingerprint density at radius 1 is 1.44 bits per heavy atom. The van der Waals surface area contributed by atoms with Gasteiger partial charge in [0, 0.05) is 18.3 Å². The Bertz CT molecular complexity index is 434. The number of para-hydroxylation sites is 2. The fraction of sp³-hybridized carbons (Fsp3) is 0.500. The maximum Gasteiger partial charge on any atom is 0.227 e. The molecule has 1 fully saturated rings. The molecule has 1 amide bonds. The average Bonchev–Trinajstić information content (AvgIpc) is 2.70. The van der Waals surface area contributed by atoms with Gasteiger partial charge in [-0.2, -0.15) is 0 Å². The highest BCUT2D eigenvalue weighted by Gasteiger charge is 2.31. The average molecular weight is 312 g/mol. The molecule has 1 aliphatic rings. The van der Waals surface area contributed by atoms with Gasteiger partial charge < -0.3 is 9.64 Å². The van der Waals surface area contributed by atoms with Gasteiger partial charge in [0.25, 0.3) is 0 Å². The Morgan fingerprint density at radius 2 is 2.17 bits per heavy atom. The number of carbonyl (C=O) groups is 1. The molecule has 1 aromatic rings. The molecule has 0 spiro atoms. The summed E-state index contributed by atoms with van der Waals surface area (Å²) in [7, 11) is 0. The SMILES string of the molecule is CC(C)Oc1ccccc1N1CC(CBr)CC1=O. The van der Waals surface area contributed by atoms with E-state index >= 15 is 0 Å². The number of carbonyl (C=O) groups excluding carboxylic acids is 1. The number of nitrogens with zero attached hydrogens (tertiary/aromatic N) is 1. The first-order valence-electron chi connectivity index (χ1n) is 6.24. The third-order valence-electron chi connectivity index (χ3n) is 2.94. The lowest BCUT2D eigenvalue weighted by Crippen LogP contribution is -2.25. The molecule has 1 saturated heterocycles. The van der Waals surface area contributed by atoms with Gasteiger partial charge in [-0.1, -0.05) is 28.1 Å². The monoisotopic (exact) mass is 311 g/mol. The number of anilines is 1. The molecule has 0 saturated carbocycles. The summed E-state index contributed by atoms with van der Waals surface area (Å²) < 4.78 is 5.77. The quantitative estimate of drug-likeness (QED) is 0.799. The molecule has 0 radical (unpaired) electrons. The highest BCUT2D eigenvalue weighted by Crippen LogP contribution is 2.33. The highest BCUT2D eigenvalue weighted by atomic mass is 79.9. The van der Waals surface area contributed by atoms with Crippen molar-refractivity contribution in [3.63, 3.8) is 0 Å². The van der Waals surface area contributed by atoms with Gasteiger partial charge in [0.2, 0.25) is 5.91 Å². The predicted octanol–water partition coefficient (Wildman–Crippen LogP) is 3.22. The van der Waals surface area contributed by atoms with Crippen molar-refractivity contribution in [2.24, 2.45) is 5.92 Å². The Labute approximate surface area is 116 Å². The summed E-state index contributed by atoms with van der Waals surface area (Å²) in [4.78, 5) is 13.9. The molecule has 0 bridgehead atoms. The summed E-state index contributed by atoms with van der Waals surface area (Å²) in [6, 6.07) is 7.75. The van der Waals surface area contributed by atoms with E-state index in [1.807, 2.05) is 43.0 Å². The molecule has 98 valence electrons. The van der Waals surface area contributed by atoms with Crippen LogP contribution in [0.3, 0.4) is 0 Å². The molecule has 1 aromatic carbocycles. The molecular weight excluding hydrogens is 294 g/mol. The Hall–Kier alpha value is -1.03. The van der Waals surface area contributed by atoms with Gasteiger partial charge in [-0.25, -0.2) is 0 Å². The summed E-state index contributed by atoms with van der Waals surface area (Å²) in [5.41, 5.74) is 0.889. The Balaban J connectivity index is 2.25. The largest absolute Gasteiger partial charge is 0.489 e. The molecule has 1 unspecified atom stereocenters. The number of hydrogen-bond acceptors (Lipinski definition) is 2. The summed E-state index contributed by atoms with van der Waals surface area (Å²) in [6.45, 7) is 4.75. The molecule has 0 aromatic heterocycles. The smallest absolute Gasteiger partial charge is 0.227 e. The molecule has 18 heavy (non-hydrogen) atoms. The number of ether oxygens (including phenoxy) is 1. The molecule has 1 atom stereocenters. The van der Waals surface area contributed by atoms with Crippen molar-refractivity contribution in [3.05, 3.63) is 24.3 Å². The first-order chi connectivity index (χ1) is 8.61. The minimum absolute atomic E-state index is 0.107. The van der Waals surface area contributed by atoms with E-state index in [1.54, 1.807) is 0 Å². The van der Waals surface area contributed by atoms with Crippen molar-refractivity contribution in [2.45, 2.75) is 26.4 Å². The minimum atomic E-state index is 0.107. The number of alkyl halides is 1. The maximum absolute atomic E-state index is 12.0. The lowest BCUT2D eigenvalue weighted by molar-refractivity contribution is -0.117. The van der Waals surface area contributed by atoms with E-state index in [1.165, 1.54) is 0 Å². The highest BCUT2D eigenvalue weighted by molar-refractivity contribution is 9.09. The van der Waals surface area contributed by atoms with Crippen molar-refractivity contribution in [3.8, 4) is 5.75 Å². The minimum Gasteiger partial charge on any atom is -0.489 e. The van der Waals surface area contributed by atoms with Crippen molar-refractivity contribution in [2.75, 3.05) is 16.8 Å². The number of halogens is 1. The molecule has 3 nitrogen and oxygen atoms in total. The van der Waals surface area contributed by atoms with Crippen molar-refractivity contribution in [1.82, 2.24) is 0 Å². The van der Waals surface area contributed by atoms with Gasteiger partial charge in [-0.3, -0.25) is 4.79 Å². The summed E-state index contributed by atoms with van der Waals surface area (Å²) in [5.74, 6) is 1.36. The first-order valence-corrected chi connectivity index (χ1v) is 7.36. The third-order valence-corrected chi connectivity index (χ3v) is 3.86. The zero-order valence-corrected chi connectivity index (χ0v) is 12.3. The molecule has 1 heterocycles. The lowest BCUT2D eigenvalue weighted by Gasteiger charge is -2.21. The van der Waals surface area contributed by atoms with Crippen LogP contribution in [0.25, 0.3) is 0 Å². The number of hydrogen-bond donors (Lipinski definition) is 0. The van der Waals surface area contributed by atoms with Gasteiger partial charge in [-0.05, 0) is 31.9 Å². The van der Waals surface area contributed by atoms with Gasteiger partial charge >= 0.3 is 0 Å². The van der Waals surface area contributed by atoms with E-state index in [-0.39, 0.29) is 12.0 Å². The zero-order chi connectivity index (χ0) is 13.1. The van der Waals surface area contributed by atoms with E-state index in [4.69, 9.17) is 4.74 Å². The normalized spacial score (nSPS) is 19.7. The second-order valence-electron chi connectivity index (χ2n) is 4.86. The molecule has 2 rings (SSSR count). The van der Waals surface area contributed by atoms with Crippen LogP contribution in [0.2, 0.25) is 0 Å². The van der Waals surface area contributed by atoms with Gasteiger partial charge in [0.15, 0.2) is 0 Å². The van der Waals surface area contributed by atoms with Gasteiger partial charge in [0.1, 0.15) is 5.75 Å². The van der Waals surface area contributed by atoms with Crippen LogP contribution in [-0.4, -0.2) is 23.9 Å². The van der Waals surface area contributed by atoms with Crippen LogP contribution >= 0.6 is 15.9 Å². The standard InChI is InChI=1S/C14H18BrNO2/c1-10(2)18-13-6-4-3-5-12(13)16-9-11(8-15)7-14(16)17/h3-6,10-11H,7-9H2,1-2H3. The van der Waals surface area contributed by atoms with Crippen LogP contribution in [-0.2, 0) is 4.79 Å². The topological polar surface area (TPSA) is 29.5 Å². The van der Waals surface area contributed by atoms with Gasteiger partial charge in [0.05, 0.1) is 11.8 Å². The van der Waals surface area contributed by atoms with Crippen molar-refractivity contribution in [1.29, 1.82) is 0 Å². The van der Waals surface area contributed by atoms with E-state index < -0.39 is 0 Å². The molecule has 1 aliphatic heterocycles. The fourth-order valence-corrected chi connectivity index (χ4v) is 2.59. The van der Waals surface area contributed by atoms with E-state index in [9.17, 15) is 4.79 Å². The maximum atomic E-state index is 12.0. The molecule has 0 aliphatic carbocycles. The van der Waals surface area contributed by atoms with Crippen molar-refractivity contribution < 1.29 is 9.53 Å². The van der Waals surface area contributed by atoms with Crippen LogP contribution in [0, 0.1) is 5.92 Å². The predicted molar refractivity (Wildman–Crippen MR) is 76.5 cm³/mol. The summed E-state index contributed by atoms with van der Waals surface area (Å²) >= 11 is 3.45. The van der Waals surface area contributed by atoms with Crippen LogP contribution in [0.5, 0.6) is 5.75 Å². The lowest BCUT2D eigenvalue weighted by atomic mass is 10.2. The Kier molecular flexibility index (Phi) is 4.27. The zero-order valence-electron chi connectivity index (χ0n) is 10.7. The first kappa shape index (κ1) is 13.4. The second-order valence-corrected chi connectivity index (χ2v) is 5.51. The van der Waals surface area contributed by atoms with Crippen LogP contribution in [0.1, 0.15) is 20.3 Å². The molecular formula is C14H18BrNO2. The van der Waals surface area contributed by atoms with Crippen molar-refractivity contribution >= 4 is 27.5 Å². The number of benzene rings is 1. The summed E-state index contributed by atoms with van der Waals surface area (Å²) in [6.07, 6.45) is 0.720. The van der Waals surface area contributed by atoms with Gasteiger partial charge in [-0.15, -0.1) is 0 Å². The number of rotatable bonds is 4. The van der Waals surface area contributed by atoms with E-state index in [0.717, 1.165) is 23.3 Å². The third kappa shape index (κ3) is 2.86. The Morgan fingerprint density at radius 3 is 2.78 bits per heavy atom. The molecule has 4 heteroatoms. The van der Waals surface area contributed by atoms with E-state index in [2.05, 4.69) is 15.9 Å².